The molecule has 1 aliphatic carbocycles. The molecule has 0 amide bonds. The van der Waals surface area contributed by atoms with Crippen molar-refractivity contribution in [2.45, 2.75) is 39.0 Å². The molecule has 1 aromatic carbocycles. The molecule has 1 fully saturated rings. The van der Waals surface area contributed by atoms with E-state index in [9.17, 15) is 0 Å². The fourth-order valence-corrected chi connectivity index (χ4v) is 2.73. The number of hydrogen-bond acceptors (Lipinski definition) is 1. The molecule has 0 spiro atoms. The van der Waals surface area contributed by atoms with Gasteiger partial charge in [-0.3, -0.25) is 0 Å². The average Bonchev–Trinajstić information content (AvgIpc) is 2.53. The Labute approximate surface area is 122 Å². The van der Waals surface area contributed by atoms with E-state index in [0.717, 1.165) is 11.5 Å². The van der Waals surface area contributed by atoms with Crippen LogP contribution in [0.1, 0.15) is 50.2 Å². The Balaban J connectivity index is 1.84. The lowest BCUT2D eigenvalue weighted by molar-refractivity contribution is 0.304. The van der Waals surface area contributed by atoms with Crippen LogP contribution in [0.15, 0.2) is 36.4 Å². The number of allylic oxidation sites excluding steroid dienone is 2. The topological polar surface area (TPSA) is 23.8 Å². The van der Waals surface area contributed by atoms with E-state index in [0.29, 0.717) is 11.5 Å². The standard InChI is InChI=1S/C19H21N/c1-2-16-7-9-17(10-8-16)5-3-4-6-18-11-13-19(15-20)14-12-18/h3,5,11-14,16-17H,2,7-10H2,1H3/t16-,17-. The zero-order valence-electron chi connectivity index (χ0n) is 12.1. The van der Waals surface area contributed by atoms with Gasteiger partial charge in [0.1, 0.15) is 0 Å². The molecule has 0 aliphatic heterocycles. The second-order valence-electron chi connectivity index (χ2n) is 5.51. The van der Waals surface area contributed by atoms with Crippen LogP contribution in [-0.2, 0) is 0 Å². The third kappa shape index (κ3) is 4.29. The van der Waals surface area contributed by atoms with Crippen LogP contribution in [0.2, 0.25) is 0 Å². The summed E-state index contributed by atoms with van der Waals surface area (Å²) in [6.07, 6.45) is 11.0. The van der Waals surface area contributed by atoms with Crippen molar-refractivity contribution in [1.82, 2.24) is 0 Å². The first kappa shape index (κ1) is 14.4. The zero-order chi connectivity index (χ0) is 14.2. The maximum atomic E-state index is 8.73. The summed E-state index contributed by atoms with van der Waals surface area (Å²) < 4.78 is 0. The molecule has 0 atom stereocenters. The highest BCUT2D eigenvalue weighted by Gasteiger charge is 2.17. The van der Waals surface area contributed by atoms with Gasteiger partial charge in [0.05, 0.1) is 11.6 Å². The van der Waals surface area contributed by atoms with E-state index < -0.39 is 0 Å². The molecule has 0 aromatic heterocycles. The maximum absolute atomic E-state index is 8.73. The van der Waals surface area contributed by atoms with Gasteiger partial charge in [0.2, 0.25) is 0 Å². The molecular formula is C19H21N. The van der Waals surface area contributed by atoms with Crippen molar-refractivity contribution in [2.75, 3.05) is 0 Å². The van der Waals surface area contributed by atoms with Gasteiger partial charge in [-0.2, -0.15) is 5.26 Å². The molecule has 1 aromatic rings. The summed E-state index contributed by atoms with van der Waals surface area (Å²) in [6.45, 7) is 2.30. The largest absolute Gasteiger partial charge is 0.192 e. The summed E-state index contributed by atoms with van der Waals surface area (Å²) >= 11 is 0. The number of rotatable bonds is 2. The van der Waals surface area contributed by atoms with Gasteiger partial charge < -0.3 is 0 Å². The minimum Gasteiger partial charge on any atom is -0.192 e. The predicted molar refractivity (Wildman–Crippen MR) is 82.9 cm³/mol. The molecular weight excluding hydrogens is 242 g/mol. The first-order chi connectivity index (χ1) is 9.81. The summed E-state index contributed by atoms with van der Waals surface area (Å²) in [5, 5.41) is 8.73. The summed E-state index contributed by atoms with van der Waals surface area (Å²) in [7, 11) is 0. The molecule has 1 aliphatic rings. The van der Waals surface area contributed by atoms with Crippen molar-refractivity contribution in [3.05, 3.63) is 47.5 Å². The van der Waals surface area contributed by atoms with Gasteiger partial charge in [-0.15, -0.1) is 0 Å². The average molecular weight is 263 g/mol. The first-order valence-corrected chi connectivity index (χ1v) is 7.50. The molecule has 0 bridgehead atoms. The number of nitriles is 1. The van der Waals surface area contributed by atoms with Crippen molar-refractivity contribution in [3.8, 4) is 17.9 Å². The van der Waals surface area contributed by atoms with Gasteiger partial charge >= 0.3 is 0 Å². The molecule has 20 heavy (non-hydrogen) atoms. The Morgan fingerprint density at radius 2 is 1.75 bits per heavy atom. The Morgan fingerprint density at radius 3 is 2.35 bits per heavy atom. The second kappa shape index (κ2) is 7.56. The molecule has 1 heteroatoms. The van der Waals surface area contributed by atoms with Crippen LogP contribution in [0, 0.1) is 35.0 Å². The normalized spacial score (nSPS) is 22.0. The van der Waals surface area contributed by atoms with E-state index in [-0.39, 0.29) is 0 Å². The second-order valence-corrected chi connectivity index (χ2v) is 5.51. The van der Waals surface area contributed by atoms with Gasteiger partial charge in [-0.05, 0) is 67.9 Å². The molecule has 0 N–H and O–H groups in total. The van der Waals surface area contributed by atoms with Crippen molar-refractivity contribution < 1.29 is 0 Å². The zero-order valence-corrected chi connectivity index (χ0v) is 12.1. The van der Waals surface area contributed by atoms with Crippen LogP contribution < -0.4 is 0 Å². The minimum absolute atomic E-state index is 0.679. The van der Waals surface area contributed by atoms with Crippen LogP contribution >= 0.6 is 0 Å². The van der Waals surface area contributed by atoms with E-state index >= 15 is 0 Å². The highest BCUT2D eigenvalue weighted by atomic mass is 14.2. The van der Waals surface area contributed by atoms with E-state index in [1.54, 1.807) is 12.1 Å². The number of benzene rings is 1. The highest BCUT2D eigenvalue weighted by molar-refractivity contribution is 5.41. The van der Waals surface area contributed by atoms with E-state index in [1.807, 2.05) is 18.2 Å². The molecule has 0 radical (unpaired) electrons. The van der Waals surface area contributed by atoms with Crippen molar-refractivity contribution >= 4 is 0 Å². The van der Waals surface area contributed by atoms with Crippen LogP contribution in [0.4, 0.5) is 0 Å². The third-order valence-corrected chi connectivity index (χ3v) is 4.15. The summed E-state index contributed by atoms with van der Waals surface area (Å²) in [5.74, 6) is 7.87. The van der Waals surface area contributed by atoms with Crippen LogP contribution in [0.3, 0.4) is 0 Å². The van der Waals surface area contributed by atoms with Crippen LogP contribution in [-0.4, -0.2) is 0 Å². The smallest absolute Gasteiger partial charge is 0.0991 e. The molecule has 0 saturated heterocycles. The predicted octanol–water partition coefficient (Wildman–Crippen LogP) is 4.68. The molecule has 0 heterocycles. The summed E-state index contributed by atoms with van der Waals surface area (Å²) in [5.41, 5.74) is 1.64. The molecule has 0 unspecified atom stereocenters. The van der Waals surface area contributed by atoms with E-state index in [1.165, 1.54) is 32.1 Å². The first-order valence-electron chi connectivity index (χ1n) is 7.50. The fourth-order valence-electron chi connectivity index (χ4n) is 2.73. The summed E-state index contributed by atoms with van der Waals surface area (Å²) in [6, 6.07) is 9.51. The molecule has 1 saturated carbocycles. The quantitative estimate of drug-likeness (QED) is 0.710. The van der Waals surface area contributed by atoms with Gasteiger partial charge in [0, 0.05) is 5.56 Å². The lowest BCUT2D eigenvalue weighted by atomic mass is 9.81. The van der Waals surface area contributed by atoms with Crippen LogP contribution in [0.25, 0.3) is 0 Å². The van der Waals surface area contributed by atoms with Gasteiger partial charge in [0.15, 0.2) is 0 Å². The number of nitrogens with zero attached hydrogens (tertiary/aromatic N) is 1. The van der Waals surface area contributed by atoms with Crippen molar-refractivity contribution in [1.29, 1.82) is 5.26 Å². The lowest BCUT2D eigenvalue weighted by Crippen LogP contribution is -2.11. The lowest BCUT2D eigenvalue weighted by Gasteiger charge is -2.25. The Kier molecular flexibility index (Phi) is 5.45. The molecule has 1 nitrogen and oxygen atoms in total. The van der Waals surface area contributed by atoms with Crippen LogP contribution in [0.5, 0.6) is 0 Å². The Hall–Kier alpha value is -1.99. The fraction of sp³-hybridized carbons (Fsp3) is 0.421. The summed E-state index contributed by atoms with van der Waals surface area (Å²) in [4.78, 5) is 0. The number of hydrogen-bond donors (Lipinski definition) is 0. The maximum Gasteiger partial charge on any atom is 0.0991 e. The van der Waals surface area contributed by atoms with Crippen molar-refractivity contribution in [3.63, 3.8) is 0 Å². The minimum atomic E-state index is 0.679. The highest BCUT2D eigenvalue weighted by Crippen LogP contribution is 2.31. The van der Waals surface area contributed by atoms with E-state index in [4.69, 9.17) is 5.26 Å². The molecule has 2 rings (SSSR count). The van der Waals surface area contributed by atoms with Gasteiger partial charge in [-0.1, -0.05) is 31.3 Å². The van der Waals surface area contributed by atoms with Gasteiger partial charge in [-0.25, -0.2) is 0 Å². The molecule has 102 valence electrons. The third-order valence-electron chi connectivity index (χ3n) is 4.15. The Bertz CT molecular complexity index is 540. The van der Waals surface area contributed by atoms with Gasteiger partial charge in [0.25, 0.3) is 0 Å². The monoisotopic (exact) mass is 263 g/mol. The van der Waals surface area contributed by atoms with E-state index in [2.05, 4.69) is 30.9 Å². The SMILES string of the molecule is CC[C@H]1CC[C@H](C=CC#Cc2ccc(C#N)cc2)CC1. The van der Waals surface area contributed by atoms with Crippen molar-refractivity contribution in [2.24, 2.45) is 11.8 Å². The Morgan fingerprint density at radius 1 is 1.10 bits per heavy atom.